The summed E-state index contributed by atoms with van der Waals surface area (Å²) in [5, 5.41) is 15.9. The molecule has 0 aliphatic rings. The summed E-state index contributed by atoms with van der Waals surface area (Å²) in [5.74, 6) is 0.602. The zero-order valence-corrected chi connectivity index (χ0v) is 10.9. The summed E-state index contributed by atoms with van der Waals surface area (Å²) in [6.07, 6.45) is 0. The van der Waals surface area contributed by atoms with Crippen molar-refractivity contribution in [3.05, 3.63) is 10.6 Å². The highest BCUT2D eigenvalue weighted by atomic mass is 32.1. The van der Waals surface area contributed by atoms with E-state index < -0.39 is 0 Å². The van der Waals surface area contributed by atoms with Gasteiger partial charge in [0, 0.05) is 12.6 Å². The van der Waals surface area contributed by atoms with Crippen molar-refractivity contribution in [1.82, 2.24) is 19.7 Å². The van der Waals surface area contributed by atoms with Gasteiger partial charge in [-0.2, -0.15) is 5.10 Å². The minimum atomic E-state index is -0.0876. The van der Waals surface area contributed by atoms with E-state index in [4.69, 9.17) is 17.3 Å². The Labute approximate surface area is 101 Å². The molecule has 0 saturated carbocycles. The second kappa shape index (κ2) is 6.12. The molecule has 1 atom stereocenters. The molecule has 1 rings (SSSR count). The van der Waals surface area contributed by atoms with Gasteiger partial charge in [-0.25, -0.2) is 0 Å². The third-order valence-corrected chi connectivity index (χ3v) is 3.06. The first-order chi connectivity index (χ1) is 7.63. The van der Waals surface area contributed by atoms with Crippen LogP contribution in [0.15, 0.2) is 0 Å². The van der Waals surface area contributed by atoms with Gasteiger partial charge >= 0.3 is 0 Å². The Morgan fingerprint density at radius 3 is 2.62 bits per heavy atom. The van der Waals surface area contributed by atoms with Gasteiger partial charge in [-0.3, -0.25) is 9.67 Å². The molecule has 92 valence electrons. The minimum absolute atomic E-state index is 0.0876. The highest BCUT2D eigenvalue weighted by molar-refractivity contribution is 7.71. The number of aromatic nitrogens is 3. The molecule has 0 bridgehead atoms. The maximum absolute atomic E-state index is 9.17. The molecule has 1 aromatic heterocycles. The van der Waals surface area contributed by atoms with Crippen LogP contribution in [0.4, 0.5) is 0 Å². The molecule has 6 heteroatoms. The number of nitrogens with zero attached hydrogens (tertiary/aromatic N) is 3. The molecule has 1 aromatic rings. The molecule has 0 saturated heterocycles. The van der Waals surface area contributed by atoms with E-state index in [1.54, 1.807) is 0 Å². The smallest absolute Gasteiger partial charge is 0.195 e. The molecule has 0 radical (unpaired) electrons. The van der Waals surface area contributed by atoms with Crippen LogP contribution >= 0.6 is 12.2 Å². The van der Waals surface area contributed by atoms with Crippen molar-refractivity contribution < 1.29 is 5.11 Å². The summed E-state index contributed by atoms with van der Waals surface area (Å²) in [6, 6.07) is 0.216. The van der Waals surface area contributed by atoms with Gasteiger partial charge in [-0.05, 0) is 32.2 Å². The standard InChI is InChI=1S/C10H20N4OS/c1-4-13(5-2)6-8(3)14-9(7-15)11-12-10(14)16/h8,15H,4-7H2,1-3H3,(H,12,16). The quantitative estimate of drug-likeness (QED) is 0.741. The maximum Gasteiger partial charge on any atom is 0.195 e. The van der Waals surface area contributed by atoms with E-state index >= 15 is 0 Å². The number of hydrogen-bond donors (Lipinski definition) is 2. The van der Waals surface area contributed by atoms with Crippen molar-refractivity contribution in [2.75, 3.05) is 19.6 Å². The normalized spacial score (nSPS) is 13.3. The lowest BCUT2D eigenvalue weighted by Gasteiger charge is -2.24. The van der Waals surface area contributed by atoms with Gasteiger partial charge in [-0.1, -0.05) is 13.8 Å². The van der Waals surface area contributed by atoms with Crippen molar-refractivity contribution in [3.8, 4) is 0 Å². The Morgan fingerprint density at radius 2 is 2.12 bits per heavy atom. The van der Waals surface area contributed by atoms with Crippen LogP contribution in [0.2, 0.25) is 0 Å². The zero-order chi connectivity index (χ0) is 12.1. The van der Waals surface area contributed by atoms with Crippen molar-refractivity contribution in [3.63, 3.8) is 0 Å². The first kappa shape index (κ1) is 13.3. The molecule has 0 fully saturated rings. The zero-order valence-electron chi connectivity index (χ0n) is 10.1. The molecule has 0 aliphatic heterocycles. The predicted octanol–water partition coefficient (Wildman–Crippen LogP) is 1.34. The first-order valence-corrected chi connectivity index (χ1v) is 6.03. The van der Waals surface area contributed by atoms with Crippen LogP contribution in [0.5, 0.6) is 0 Å². The molecule has 0 aromatic carbocycles. The van der Waals surface area contributed by atoms with E-state index in [9.17, 15) is 0 Å². The molecule has 2 N–H and O–H groups in total. The SMILES string of the molecule is CCN(CC)CC(C)n1c(CO)n[nH]c1=S. The minimum Gasteiger partial charge on any atom is -0.388 e. The van der Waals surface area contributed by atoms with Crippen LogP contribution in [0.1, 0.15) is 32.6 Å². The molecule has 16 heavy (non-hydrogen) atoms. The fourth-order valence-electron chi connectivity index (χ4n) is 1.84. The second-order valence-corrected chi connectivity index (χ2v) is 4.19. The van der Waals surface area contributed by atoms with Crippen LogP contribution in [0, 0.1) is 4.77 Å². The lowest BCUT2D eigenvalue weighted by Crippen LogP contribution is -2.30. The Kier molecular flexibility index (Phi) is 5.11. The number of aliphatic hydroxyl groups is 1. The first-order valence-electron chi connectivity index (χ1n) is 5.63. The van der Waals surface area contributed by atoms with Crippen LogP contribution in [-0.2, 0) is 6.61 Å². The Morgan fingerprint density at radius 1 is 1.50 bits per heavy atom. The van der Waals surface area contributed by atoms with Crippen molar-refractivity contribution >= 4 is 12.2 Å². The summed E-state index contributed by atoms with van der Waals surface area (Å²) in [5.41, 5.74) is 0. The highest BCUT2D eigenvalue weighted by Crippen LogP contribution is 2.11. The van der Waals surface area contributed by atoms with Crippen LogP contribution in [-0.4, -0.2) is 44.4 Å². The van der Waals surface area contributed by atoms with Gasteiger partial charge in [0.15, 0.2) is 10.6 Å². The number of likely N-dealkylation sites (N-methyl/N-ethyl adjacent to an activating group) is 1. The van der Waals surface area contributed by atoms with Crippen molar-refractivity contribution in [2.45, 2.75) is 33.4 Å². The molecule has 5 nitrogen and oxygen atoms in total. The lowest BCUT2D eigenvalue weighted by atomic mass is 10.3. The Balaban J connectivity index is 2.82. The predicted molar refractivity (Wildman–Crippen MR) is 65.8 cm³/mol. The van der Waals surface area contributed by atoms with Gasteiger partial charge in [0.2, 0.25) is 0 Å². The Bertz CT molecular complexity index is 369. The van der Waals surface area contributed by atoms with Gasteiger partial charge in [0.25, 0.3) is 0 Å². The average molecular weight is 244 g/mol. The van der Waals surface area contributed by atoms with Crippen molar-refractivity contribution in [1.29, 1.82) is 0 Å². The average Bonchev–Trinajstić information content (AvgIpc) is 2.67. The summed E-state index contributed by atoms with van der Waals surface area (Å²) >= 11 is 5.16. The topological polar surface area (TPSA) is 57.1 Å². The number of nitrogens with one attached hydrogen (secondary N) is 1. The lowest BCUT2D eigenvalue weighted by molar-refractivity contribution is 0.235. The van der Waals surface area contributed by atoms with E-state index in [2.05, 4.69) is 35.9 Å². The van der Waals surface area contributed by atoms with Gasteiger partial charge in [0.1, 0.15) is 6.61 Å². The van der Waals surface area contributed by atoms with Crippen LogP contribution in [0.3, 0.4) is 0 Å². The Hall–Kier alpha value is -0.720. The van der Waals surface area contributed by atoms with Gasteiger partial charge < -0.3 is 10.0 Å². The molecular formula is C10H20N4OS. The molecular weight excluding hydrogens is 224 g/mol. The molecule has 0 aliphatic carbocycles. The number of aromatic amines is 1. The summed E-state index contributed by atoms with van der Waals surface area (Å²) in [7, 11) is 0. The fraction of sp³-hybridized carbons (Fsp3) is 0.800. The van der Waals surface area contributed by atoms with E-state index in [0.717, 1.165) is 19.6 Å². The third kappa shape index (κ3) is 2.90. The maximum atomic E-state index is 9.17. The van der Waals surface area contributed by atoms with Gasteiger partial charge in [0.05, 0.1) is 0 Å². The summed E-state index contributed by atoms with van der Waals surface area (Å²) < 4.78 is 2.46. The van der Waals surface area contributed by atoms with E-state index in [0.29, 0.717) is 10.6 Å². The van der Waals surface area contributed by atoms with E-state index in [1.807, 2.05) is 4.57 Å². The number of aliphatic hydroxyl groups excluding tert-OH is 1. The third-order valence-electron chi connectivity index (χ3n) is 2.78. The second-order valence-electron chi connectivity index (χ2n) is 3.81. The number of hydrogen-bond acceptors (Lipinski definition) is 4. The summed E-state index contributed by atoms with van der Waals surface area (Å²) in [6.45, 7) is 9.21. The van der Waals surface area contributed by atoms with Gasteiger partial charge in [-0.15, -0.1) is 0 Å². The fourth-order valence-corrected chi connectivity index (χ4v) is 2.17. The molecule has 1 unspecified atom stereocenters. The van der Waals surface area contributed by atoms with E-state index in [1.165, 1.54) is 0 Å². The molecule has 1 heterocycles. The molecule has 0 spiro atoms. The number of H-pyrrole nitrogens is 1. The van der Waals surface area contributed by atoms with Crippen LogP contribution in [0.25, 0.3) is 0 Å². The largest absolute Gasteiger partial charge is 0.388 e. The highest BCUT2D eigenvalue weighted by Gasteiger charge is 2.14. The monoisotopic (exact) mass is 244 g/mol. The number of rotatable bonds is 6. The van der Waals surface area contributed by atoms with Crippen molar-refractivity contribution in [2.24, 2.45) is 0 Å². The molecule has 0 amide bonds. The van der Waals surface area contributed by atoms with Crippen LogP contribution < -0.4 is 0 Å². The summed E-state index contributed by atoms with van der Waals surface area (Å²) in [4.78, 5) is 2.32. The van der Waals surface area contributed by atoms with E-state index in [-0.39, 0.29) is 12.6 Å².